The van der Waals surface area contributed by atoms with Crippen molar-refractivity contribution in [3.63, 3.8) is 0 Å². The van der Waals surface area contributed by atoms with Crippen LogP contribution in [0.3, 0.4) is 0 Å². The van der Waals surface area contributed by atoms with Crippen LogP contribution >= 0.6 is 0 Å². The third-order valence-electron chi connectivity index (χ3n) is 2.36. The number of rotatable bonds is 3. The van der Waals surface area contributed by atoms with Crippen LogP contribution in [0, 0.1) is 0 Å². The number of aliphatic hydroxyl groups is 1. The van der Waals surface area contributed by atoms with E-state index >= 15 is 0 Å². The fraction of sp³-hybridized carbons (Fsp3) is 0.154. The minimum Gasteiger partial charge on any atom is -0.456 e. The Hall–Kier alpha value is -2.08. The summed E-state index contributed by atoms with van der Waals surface area (Å²) < 4.78 is 43.1. The highest BCUT2D eigenvalue weighted by molar-refractivity contribution is 5.34. The monoisotopic (exact) mass is 269 g/mol. The summed E-state index contributed by atoms with van der Waals surface area (Å²) in [6.45, 7) is -0.756. The largest absolute Gasteiger partial charge is 0.456 e. The Morgan fingerprint density at radius 3 is 2.37 bits per heavy atom. The van der Waals surface area contributed by atoms with E-state index in [0.717, 1.165) is 12.3 Å². The van der Waals surface area contributed by atoms with E-state index in [-0.39, 0.29) is 11.3 Å². The van der Waals surface area contributed by atoms with Gasteiger partial charge in [0.2, 0.25) is 0 Å². The third kappa shape index (κ3) is 3.23. The number of hydrogen-bond donors (Lipinski definition) is 1. The van der Waals surface area contributed by atoms with E-state index in [2.05, 4.69) is 4.98 Å². The van der Waals surface area contributed by atoms with Gasteiger partial charge in [-0.15, -0.1) is 0 Å². The van der Waals surface area contributed by atoms with Gasteiger partial charge in [0.1, 0.15) is 17.2 Å². The Labute approximate surface area is 107 Å². The molecule has 1 aromatic carbocycles. The van der Waals surface area contributed by atoms with Crippen molar-refractivity contribution in [2.24, 2.45) is 0 Å². The maximum absolute atomic E-state index is 12.6. The highest BCUT2D eigenvalue weighted by Crippen LogP contribution is 2.32. The van der Waals surface area contributed by atoms with Crippen molar-refractivity contribution < 1.29 is 23.0 Å². The first-order valence-corrected chi connectivity index (χ1v) is 5.40. The Morgan fingerprint density at radius 1 is 1.11 bits per heavy atom. The lowest BCUT2D eigenvalue weighted by Gasteiger charge is -2.12. The van der Waals surface area contributed by atoms with Crippen LogP contribution < -0.4 is 4.74 Å². The van der Waals surface area contributed by atoms with Crippen LogP contribution in [0.2, 0.25) is 0 Å². The fourth-order valence-corrected chi connectivity index (χ4v) is 1.54. The topological polar surface area (TPSA) is 42.4 Å². The smallest absolute Gasteiger partial charge is 0.433 e. The van der Waals surface area contributed by atoms with Crippen LogP contribution in [-0.2, 0) is 12.8 Å². The molecule has 0 bridgehead atoms. The van der Waals surface area contributed by atoms with Crippen molar-refractivity contribution in [1.82, 2.24) is 4.98 Å². The first kappa shape index (κ1) is 13.4. The minimum absolute atomic E-state index is 0.142. The zero-order valence-electron chi connectivity index (χ0n) is 9.69. The van der Waals surface area contributed by atoms with Crippen LogP contribution in [0.4, 0.5) is 13.2 Å². The van der Waals surface area contributed by atoms with Crippen molar-refractivity contribution in [3.05, 3.63) is 53.9 Å². The van der Waals surface area contributed by atoms with Crippen molar-refractivity contribution in [2.75, 3.05) is 0 Å². The molecule has 2 aromatic rings. The Bertz CT molecular complexity index is 556. The van der Waals surface area contributed by atoms with Gasteiger partial charge in [0.05, 0.1) is 12.8 Å². The Balaban J connectivity index is 2.30. The highest BCUT2D eigenvalue weighted by Gasteiger charge is 2.35. The number of pyridine rings is 1. The average molecular weight is 269 g/mol. The molecule has 0 saturated heterocycles. The van der Waals surface area contributed by atoms with Gasteiger partial charge >= 0.3 is 6.18 Å². The highest BCUT2D eigenvalue weighted by atomic mass is 19.4. The first-order valence-electron chi connectivity index (χ1n) is 5.40. The van der Waals surface area contributed by atoms with Gasteiger partial charge in [0, 0.05) is 5.56 Å². The second-order valence-electron chi connectivity index (χ2n) is 3.75. The molecule has 0 amide bonds. The number of halogens is 3. The molecule has 0 fully saturated rings. The summed E-state index contributed by atoms with van der Waals surface area (Å²) in [5.74, 6) is 0.621. The minimum atomic E-state index is -4.59. The predicted molar refractivity (Wildman–Crippen MR) is 61.7 cm³/mol. The van der Waals surface area contributed by atoms with Crippen molar-refractivity contribution in [2.45, 2.75) is 12.8 Å². The molecule has 0 atom stereocenters. The van der Waals surface area contributed by atoms with E-state index in [9.17, 15) is 13.2 Å². The maximum Gasteiger partial charge on any atom is 0.433 e. The molecule has 1 aromatic heterocycles. The third-order valence-corrected chi connectivity index (χ3v) is 2.36. The van der Waals surface area contributed by atoms with Crippen LogP contribution in [0.15, 0.2) is 42.6 Å². The number of hydrogen-bond acceptors (Lipinski definition) is 3. The predicted octanol–water partition coefficient (Wildman–Crippen LogP) is 3.39. The molecule has 0 aliphatic rings. The summed E-state index contributed by atoms with van der Waals surface area (Å²) in [4.78, 5) is 3.31. The molecule has 1 N–H and O–H groups in total. The molecule has 1 heterocycles. The quantitative estimate of drug-likeness (QED) is 0.928. The van der Waals surface area contributed by atoms with Gasteiger partial charge in [-0.2, -0.15) is 13.2 Å². The fourth-order valence-electron chi connectivity index (χ4n) is 1.54. The second-order valence-corrected chi connectivity index (χ2v) is 3.75. The van der Waals surface area contributed by atoms with Gasteiger partial charge in [-0.3, -0.25) is 0 Å². The summed E-state index contributed by atoms with van der Waals surface area (Å²) in [5, 5.41) is 8.98. The lowest BCUT2D eigenvalue weighted by Crippen LogP contribution is -2.12. The molecule has 0 radical (unpaired) electrons. The Kier molecular flexibility index (Phi) is 3.71. The van der Waals surface area contributed by atoms with Crippen LogP contribution in [0.5, 0.6) is 11.5 Å². The molecule has 0 saturated carbocycles. The number of nitrogens with zero attached hydrogens (tertiary/aromatic N) is 1. The maximum atomic E-state index is 12.6. The number of benzene rings is 1. The molecule has 6 heteroatoms. The van der Waals surface area contributed by atoms with Crippen LogP contribution in [0.25, 0.3) is 0 Å². The van der Waals surface area contributed by atoms with E-state index in [1.807, 2.05) is 0 Å². The van der Waals surface area contributed by atoms with Gasteiger partial charge in [-0.25, -0.2) is 4.98 Å². The number of alkyl halides is 3. The zero-order valence-corrected chi connectivity index (χ0v) is 9.69. The van der Waals surface area contributed by atoms with E-state index in [4.69, 9.17) is 9.84 Å². The van der Waals surface area contributed by atoms with E-state index in [1.165, 1.54) is 0 Å². The van der Waals surface area contributed by atoms with Gasteiger partial charge in [0.15, 0.2) is 0 Å². The first-order chi connectivity index (χ1) is 9.00. The average Bonchev–Trinajstić information content (AvgIpc) is 2.38. The summed E-state index contributed by atoms with van der Waals surface area (Å²) in [5.41, 5.74) is -1.42. The zero-order chi connectivity index (χ0) is 13.9. The molecule has 0 unspecified atom stereocenters. The van der Waals surface area contributed by atoms with Gasteiger partial charge < -0.3 is 9.84 Å². The van der Waals surface area contributed by atoms with Gasteiger partial charge in [-0.05, 0) is 18.2 Å². The lowest BCUT2D eigenvalue weighted by atomic mass is 10.2. The number of aliphatic hydroxyl groups excluding tert-OH is 1. The molecule has 100 valence electrons. The molecule has 3 nitrogen and oxygen atoms in total. The molecule has 0 aliphatic heterocycles. The molecular weight excluding hydrogens is 259 g/mol. The summed E-state index contributed by atoms with van der Waals surface area (Å²) >= 11 is 0. The van der Waals surface area contributed by atoms with E-state index < -0.39 is 18.5 Å². The lowest BCUT2D eigenvalue weighted by molar-refractivity contribution is -0.142. The van der Waals surface area contributed by atoms with Crippen molar-refractivity contribution in [1.29, 1.82) is 0 Å². The van der Waals surface area contributed by atoms with Gasteiger partial charge in [0.25, 0.3) is 0 Å². The molecule has 2 rings (SSSR count). The van der Waals surface area contributed by atoms with Crippen LogP contribution in [-0.4, -0.2) is 10.1 Å². The summed E-state index contributed by atoms with van der Waals surface area (Å²) in [6.07, 6.45) is -3.61. The number of para-hydroxylation sites is 1. The SMILES string of the molecule is OCc1cc(Oc2ccccc2)cnc1C(F)(F)F. The van der Waals surface area contributed by atoms with Crippen molar-refractivity contribution in [3.8, 4) is 11.5 Å². The van der Waals surface area contributed by atoms with Gasteiger partial charge in [-0.1, -0.05) is 18.2 Å². The number of aromatic nitrogens is 1. The standard InChI is InChI=1S/C13H10F3NO2/c14-13(15,16)12-9(8-18)6-11(7-17-12)19-10-4-2-1-3-5-10/h1-7,18H,8H2. The normalized spacial score (nSPS) is 11.4. The summed E-state index contributed by atoms with van der Waals surface area (Å²) in [6, 6.07) is 9.71. The Morgan fingerprint density at radius 2 is 1.79 bits per heavy atom. The van der Waals surface area contributed by atoms with E-state index in [1.54, 1.807) is 30.3 Å². The molecule has 19 heavy (non-hydrogen) atoms. The van der Waals surface area contributed by atoms with Crippen LogP contribution in [0.1, 0.15) is 11.3 Å². The molecular formula is C13H10F3NO2. The number of ether oxygens (including phenoxy) is 1. The van der Waals surface area contributed by atoms with E-state index in [0.29, 0.717) is 5.75 Å². The second kappa shape index (κ2) is 5.27. The van der Waals surface area contributed by atoms with Crippen molar-refractivity contribution >= 4 is 0 Å². The summed E-state index contributed by atoms with van der Waals surface area (Å²) in [7, 11) is 0. The molecule has 0 spiro atoms. The molecule has 0 aliphatic carbocycles.